The van der Waals surface area contributed by atoms with E-state index >= 15 is 0 Å². The molecule has 0 aliphatic carbocycles. The number of esters is 1. The first-order valence-corrected chi connectivity index (χ1v) is 11.0. The summed E-state index contributed by atoms with van der Waals surface area (Å²) in [6, 6.07) is 16.3. The molecule has 170 valence electrons. The molecule has 1 aliphatic heterocycles. The fourth-order valence-corrected chi connectivity index (χ4v) is 3.82. The number of hydrogen-bond donors (Lipinski definition) is 0. The summed E-state index contributed by atoms with van der Waals surface area (Å²) in [4.78, 5) is 41.6. The Bertz CT molecular complexity index is 1220. The summed E-state index contributed by atoms with van der Waals surface area (Å²) in [5, 5.41) is 3.75. The van der Waals surface area contributed by atoms with Crippen LogP contribution in [0.2, 0.25) is 10.0 Å². The van der Waals surface area contributed by atoms with Crippen molar-refractivity contribution in [2.45, 2.75) is 0 Å². The summed E-state index contributed by atoms with van der Waals surface area (Å²) in [6.07, 6.45) is 1.21. The smallest absolute Gasteiger partial charge is 0.340 e. The van der Waals surface area contributed by atoms with Gasteiger partial charge in [-0.1, -0.05) is 53.5 Å². The normalized spacial score (nSPS) is 13.6. The largest absolute Gasteiger partial charge is 0.452 e. The van der Waals surface area contributed by atoms with Crippen LogP contribution in [0.3, 0.4) is 0 Å². The van der Waals surface area contributed by atoms with E-state index < -0.39 is 18.1 Å². The van der Waals surface area contributed by atoms with Gasteiger partial charge >= 0.3 is 5.97 Å². The quantitative estimate of drug-likeness (QED) is 0.515. The third-order valence-corrected chi connectivity index (χ3v) is 6.06. The molecule has 10 heteroatoms. The zero-order chi connectivity index (χ0) is 23.4. The zero-order valence-corrected chi connectivity index (χ0v) is 19.0. The van der Waals surface area contributed by atoms with Crippen molar-refractivity contribution in [3.05, 3.63) is 86.8 Å². The Morgan fingerprint density at radius 3 is 2.33 bits per heavy atom. The number of aromatic nitrogens is 2. The predicted octanol–water partition coefficient (Wildman–Crippen LogP) is 3.04. The number of ether oxygens (including phenoxy) is 1. The van der Waals surface area contributed by atoms with E-state index in [2.05, 4.69) is 10.00 Å². The second-order valence-corrected chi connectivity index (χ2v) is 8.11. The van der Waals surface area contributed by atoms with E-state index in [1.54, 1.807) is 17.0 Å². The molecule has 1 aliphatic rings. The zero-order valence-electron chi connectivity index (χ0n) is 17.5. The van der Waals surface area contributed by atoms with Crippen LogP contribution in [0.5, 0.6) is 0 Å². The number of piperazine rings is 1. The highest BCUT2D eigenvalue weighted by atomic mass is 35.5. The number of anilines is 1. The molecule has 0 radical (unpaired) electrons. The van der Waals surface area contributed by atoms with Crippen LogP contribution in [0.1, 0.15) is 10.4 Å². The van der Waals surface area contributed by atoms with Crippen molar-refractivity contribution in [1.82, 2.24) is 14.7 Å². The fourth-order valence-electron chi connectivity index (χ4n) is 3.56. The van der Waals surface area contributed by atoms with E-state index in [1.807, 2.05) is 30.3 Å². The van der Waals surface area contributed by atoms with Crippen LogP contribution in [0.25, 0.3) is 5.69 Å². The molecule has 3 aromatic rings. The van der Waals surface area contributed by atoms with Crippen LogP contribution in [0, 0.1) is 0 Å². The van der Waals surface area contributed by atoms with Gasteiger partial charge in [0.05, 0.1) is 22.5 Å². The lowest BCUT2D eigenvalue weighted by Crippen LogP contribution is -2.49. The molecule has 2 aromatic carbocycles. The first-order chi connectivity index (χ1) is 16.0. The van der Waals surface area contributed by atoms with Crippen molar-refractivity contribution in [1.29, 1.82) is 0 Å². The summed E-state index contributed by atoms with van der Waals surface area (Å²) in [5.74, 6) is -1.03. The van der Waals surface area contributed by atoms with Crippen LogP contribution in [0.15, 0.2) is 65.6 Å². The lowest BCUT2D eigenvalue weighted by molar-refractivity contribution is -0.134. The summed E-state index contributed by atoms with van der Waals surface area (Å²) in [6.45, 7) is 2.05. The van der Waals surface area contributed by atoms with Gasteiger partial charge in [0.2, 0.25) is 0 Å². The molecule has 0 spiro atoms. The van der Waals surface area contributed by atoms with Crippen molar-refractivity contribution in [2.75, 3.05) is 37.7 Å². The van der Waals surface area contributed by atoms with E-state index in [4.69, 9.17) is 27.9 Å². The number of benzene rings is 2. The average molecular weight is 487 g/mol. The van der Waals surface area contributed by atoms with E-state index in [9.17, 15) is 14.4 Å². The highest BCUT2D eigenvalue weighted by Crippen LogP contribution is 2.19. The summed E-state index contributed by atoms with van der Waals surface area (Å²) in [7, 11) is 0. The van der Waals surface area contributed by atoms with Crippen LogP contribution in [-0.2, 0) is 9.53 Å². The minimum atomic E-state index is -0.748. The summed E-state index contributed by atoms with van der Waals surface area (Å²) < 4.78 is 6.23. The van der Waals surface area contributed by atoms with Crippen molar-refractivity contribution in [2.24, 2.45) is 0 Å². The number of carbonyl (C=O) groups is 2. The van der Waals surface area contributed by atoms with Crippen molar-refractivity contribution in [3.8, 4) is 5.69 Å². The summed E-state index contributed by atoms with van der Waals surface area (Å²) in [5.41, 5.74) is 0.692. The maximum atomic E-state index is 12.7. The average Bonchev–Trinajstić information content (AvgIpc) is 2.86. The molecule has 1 aromatic heterocycles. The van der Waals surface area contributed by atoms with Gasteiger partial charge < -0.3 is 14.5 Å². The highest BCUT2D eigenvalue weighted by molar-refractivity contribution is 6.41. The molecule has 0 unspecified atom stereocenters. The van der Waals surface area contributed by atoms with Gasteiger partial charge in [0.15, 0.2) is 6.61 Å². The monoisotopic (exact) mass is 486 g/mol. The van der Waals surface area contributed by atoms with Crippen molar-refractivity contribution < 1.29 is 14.3 Å². The number of para-hydroxylation sites is 2. The standard InChI is InChI=1S/C23H20Cl2N4O4/c24-18-14-26-29(22(31)21(18)25)19-9-5-4-8-17(19)23(32)33-15-20(30)28-12-10-27(11-13-28)16-6-2-1-3-7-16/h1-9,14H,10-13,15H2. The molecule has 33 heavy (non-hydrogen) atoms. The molecule has 0 saturated carbocycles. The van der Waals surface area contributed by atoms with Gasteiger partial charge in [-0.15, -0.1) is 0 Å². The molecular formula is C23H20Cl2N4O4. The van der Waals surface area contributed by atoms with E-state index in [1.165, 1.54) is 18.3 Å². The Kier molecular flexibility index (Phi) is 6.96. The maximum Gasteiger partial charge on any atom is 0.340 e. The molecule has 8 nitrogen and oxygen atoms in total. The molecule has 2 heterocycles. The van der Waals surface area contributed by atoms with Crippen molar-refractivity contribution >= 4 is 40.8 Å². The number of rotatable bonds is 5. The maximum absolute atomic E-state index is 12.7. The van der Waals surface area contributed by atoms with Gasteiger partial charge in [-0.05, 0) is 24.3 Å². The van der Waals surface area contributed by atoms with Crippen LogP contribution in [-0.4, -0.2) is 59.3 Å². The minimum absolute atomic E-state index is 0.0101. The molecule has 0 atom stereocenters. The number of nitrogens with zero attached hydrogens (tertiary/aromatic N) is 4. The van der Waals surface area contributed by atoms with Crippen LogP contribution < -0.4 is 10.5 Å². The lowest BCUT2D eigenvalue weighted by Gasteiger charge is -2.36. The van der Waals surface area contributed by atoms with E-state index in [0.717, 1.165) is 10.4 Å². The molecule has 0 bridgehead atoms. The fraction of sp³-hybridized carbons (Fsp3) is 0.217. The Morgan fingerprint density at radius 2 is 1.61 bits per heavy atom. The van der Waals surface area contributed by atoms with Crippen molar-refractivity contribution in [3.63, 3.8) is 0 Å². The lowest BCUT2D eigenvalue weighted by atomic mass is 10.2. The Hall–Kier alpha value is -3.36. The molecule has 1 fully saturated rings. The van der Waals surface area contributed by atoms with Gasteiger partial charge in [0.1, 0.15) is 5.02 Å². The van der Waals surface area contributed by atoms with Gasteiger partial charge in [0, 0.05) is 31.9 Å². The molecule has 1 saturated heterocycles. The Balaban J connectivity index is 1.40. The third-order valence-electron chi connectivity index (χ3n) is 5.31. The topological polar surface area (TPSA) is 84.7 Å². The van der Waals surface area contributed by atoms with Gasteiger partial charge in [0.25, 0.3) is 11.5 Å². The van der Waals surface area contributed by atoms with Gasteiger partial charge in [-0.3, -0.25) is 9.59 Å². The van der Waals surface area contributed by atoms with E-state index in [0.29, 0.717) is 26.2 Å². The number of halogens is 2. The molecule has 4 rings (SSSR count). The summed E-state index contributed by atoms with van der Waals surface area (Å²) >= 11 is 11.8. The first-order valence-electron chi connectivity index (χ1n) is 10.2. The number of amides is 1. The second-order valence-electron chi connectivity index (χ2n) is 7.32. The number of hydrogen-bond acceptors (Lipinski definition) is 6. The first kappa shape index (κ1) is 22.8. The minimum Gasteiger partial charge on any atom is -0.452 e. The molecular weight excluding hydrogens is 467 g/mol. The Labute approximate surface area is 199 Å². The highest BCUT2D eigenvalue weighted by Gasteiger charge is 2.23. The van der Waals surface area contributed by atoms with Gasteiger partial charge in [-0.2, -0.15) is 9.78 Å². The Morgan fingerprint density at radius 1 is 0.939 bits per heavy atom. The number of carbonyl (C=O) groups excluding carboxylic acids is 2. The second kappa shape index (κ2) is 10.1. The van der Waals surface area contributed by atoms with Gasteiger partial charge in [-0.25, -0.2) is 4.79 Å². The molecule has 0 N–H and O–H groups in total. The van der Waals surface area contributed by atoms with Crippen LogP contribution >= 0.6 is 23.2 Å². The third kappa shape index (κ3) is 5.02. The predicted molar refractivity (Wildman–Crippen MR) is 125 cm³/mol. The van der Waals surface area contributed by atoms with E-state index in [-0.39, 0.29) is 27.2 Å². The van der Waals surface area contributed by atoms with Crippen LogP contribution in [0.4, 0.5) is 5.69 Å². The SMILES string of the molecule is O=C(OCC(=O)N1CCN(c2ccccc2)CC1)c1ccccc1-n1ncc(Cl)c(Cl)c1=O. The molecule has 1 amide bonds.